The number of nitrogens with zero attached hydrogens (tertiary/aromatic N) is 1. The van der Waals surface area contributed by atoms with Crippen molar-refractivity contribution in [1.82, 2.24) is 10.2 Å². The number of likely N-dealkylation sites (N-methyl/N-ethyl adjacent to an activating group) is 1. The summed E-state index contributed by atoms with van der Waals surface area (Å²) in [6.07, 6.45) is -0.165. The third-order valence-electron chi connectivity index (χ3n) is 2.81. The first-order valence-corrected chi connectivity index (χ1v) is 5.92. The molecule has 1 radical (unpaired) electrons. The van der Waals surface area contributed by atoms with E-state index in [-0.39, 0.29) is 12.1 Å². The van der Waals surface area contributed by atoms with Crippen LogP contribution in [-0.2, 0) is 4.74 Å². The van der Waals surface area contributed by atoms with E-state index < -0.39 is 0 Å². The molecule has 0 aromatic heterocycles. The second-order valence-electron chi connectivity index (χ2n) is 3.91. The monoisotopic (exact) mass is 233 g/mol. The molecule has 2 rings (SSSR count). The molecular formula is C13H17N2O2. The summed E-state index contributed by atoms with van der Waals surface area (Å²) in [4.78, 5) is 14.0. The Morgan fingerprint density at radius 3 is 3.18 bits per heavy atom. The van der Waals surface area contributed by atoms with Crippen molar-refractivity contribution in [3.63, 3.8) is 0 Å². The number of morpholine rings is 1. The number of hydrogen-bond acceptors (Lipinski definition) is 3. The summed E-state index contributed by atoms with van der Waals surface area (Å²) in [7, 11) is 0. The van der Waals surface area contributed by atoms with Crippen molar-refractivity contribution in [2.45, 2.75) is 13.2 Å². The lowest BCUT2D eigenvalue weighted by Crippen LogP contribution is -2.51. The lowest BCUT2D eigenvalue weighted by molar-refractivity contribution is -0.0587. The average molecular weight is 233 g/mol. The molecule has 4 nitrogen and oxygen atoms in total. The lowest BCUT2D eigenvalue weighted by Gasteiger charge is -2.33. The molecule has 1 aliphatic rings. The summed E-state index contributed by atoms with van der Waals surface area (Å²) < 4.78 is 5.61. The van der Waals surface area contributed by atoms with Crippen LogP contribution in [0.3, 0.4) is 0 Å². The van der Waals surface area contributed by atoms with Gasteiger partial charge in [-0.1, -0.05) is 12.1 Å². The molecular weight excluding hydrogens is 216 g/mol. The minimum absolute atomic E-state index is 0.00181. The van der Waals surface area contributed by atoms with Crippen molar-refractivity contribution >= 4 is 5.91 Å². The van der Waals surface area contributed by atoms with Gasteiger partial charge in [0.1, 0.15) is 6.23 Å². The Balaban J connectivity index is 2.09. The van der Waals surface area contributed by atoms with Crippen LogP contribution in [0, 0.1) is 6.07 Å². The topological polar surface area (TPSA) is 41.6 Å². The summed E-state index contributed by atoms with van der Waals surface area (Å²) in [5.74, 6) is -0.00181. The molecule has 1 aliphatic heterocycles. The van der Waals surface area contributed by atoms with Gasteiger partial charge in [-0.2, -0.15) is 0 Å². The number of benzene rings is 1. The van der Waals surface area contributed by atoms with E-state index in [1.807, 2.05) is 13.0 Å². The Morgan fingerprint density at radius 1 is 1.71 bits per heavy atom. The van der Waals surface area contributed by atoms with E-state index in [2.05, 4.69) is 11.4 Å². The maximum atomic E-state index is 12.3. The number of rotatable bonds is 3. The lowest BCUT2D eigenvalue weighted by atomic mass is 10.2. The van der Waals surface area contributed by atoms with Crippen molar-refractivity contribution in [1.29, 1.82) is 0 Å². The van der Waals surface area contributed by atoms with Crippen LogP contribution in [0.5, 0.6) is 0 Å². The molecule has 0 bridgehead atoms. The molecule has 1 fully saturated rings. The molecule has 1 unspecified atom stereocenters. The second kappa shape index (κ2) is 5.80. The Morgan fingerprint density at radius 2 is 2.59 bits per heavy atom. The predicted octanol–water partition coefficient (Wildman–Crippen LogP) is 0.895. The third-order valence-corrected chi connectivity index (χ3v) is 2.81. The zero-order valence-electron chi connectivity index (χ0n) is 9.98. The van der Waals surface area contributed by atoms with Gasteiger partial charge in [0.05, 0.1) is 6.61 Å². The Kier molecular flexibility index (Phi) is 4.12. The van der Waals surface area contributed by atoms with Gasteiger partial charge < -0.3 is 15.0 Å². The number of ether oxygens (including phenoxy) is 1. The van der Waals surface area contributed by atoms with E-state index in [4.69, 9.17) is 4.74 Å². The number of hydrogen-bond donors (Lipinski definition) is 1. The maximum absolute atomic E-state index is 12.3. The fourth-order valence-electron chi connectivity index (χ4n) is 1.92. The fraction of sp³-hybridized carbons (Fsp3) is 0.462. The van der Waals surface area contributed by atoms with Crippen LogP contribution in [0.25, 0.3) is 0 Å². The maximum Gasteiger partial charge on any atom is 0.255 e. The molecule has 0 spiro atoms. The molecule has 0 aliphatic carbocycles. The van der Waals surface area contributed by atoms with E-state index >= 15 is 0 Å². The Bertz CT molecular complexity index is 361. The van der Waals surface area contributed by atoms with Crippen LogP contribution in [0.4, 0.5) is 0 Å². The summed E-state index contributed by atoms with van der Waals surface area (Å²) in [6.45, 7) is 4.79. The van der Waals surface area contributed by atoms with Crippen LogP contribution in [0.2, 0.25) is 0 Å². The fourth-order valence-corrected chi connectivity index (χ4v) is 1.92. The predicted molar refractivity (Wildman–Crippen MR) is 64.6 cm³/mol. The summed E-state index contributed by atoms with van der Waals surface area (Å²) >= 11 is 0. The number of amides is 1. The van der Waals surface area contributed by atoms with Crippen LogP contribution in [0.15, 0.2) is 24.3 Å². The molecule has 17 heavy (non-hydrogen) atoms. The van der Waals surface area contributed by atoms with Gasteiger partial charge in [0.15, 0.2) is 0 Å². The van der Waals surface area contributed by atoms with Crippen molar-refractivity contribution in [2.24, 2.45) is 0 Å². The van der Waals surface area contributed by atoms with Crippen LogP contribution in [0.1, 0.15) is 17.3 Å². The largest absolute Gasteiger partial charge is 0.356 e. The first kappa shape index (κ1) is 12.1. The molecule has 1 heterocycles. The van der Waals surface area contributed by atoms with Crippen molar-refractivity contribution in [3.8, 4) is 0 Å². The number of nitrogens with one attached hydrogen (secondary N) is 1. The molecule has 1 saturated heterocycles. The Labute approximate surface area is 102 Å². The van der Waals surface area contributed by atoms with Gasteiger partial charge in [0.2, 0.25) is 0 Å². The van der Waals surface area contributed by atoms with Gasteiger partial charge in [0, 0.05) is 25.2 Å². The SMILES string of the molecule is CCN(C(=O)c1c[c]ccc1)C1CNCCO1. The summed E-state index contributed by atoms with van der Waals surface area (Å²) in [5, 5.41) is 3.23. The van der Waals surface area contributed by atoms with E-state index in [0.29, 0.717) is 25.3 Å². The zero-order valence-corrected chi connectivity index (χ0v) is 9.98. The molecule has 91 valence electrons. The summed E-state index contributed by atoms with van der Waals surface area (Å²) in [5.41, 5.74) is 0.656. The first-order valence-electron chi connectivity index (χ1n) is 5.92. The van der Waals surface area contributed by atoms with Gasteiger partial charge in [-0.3, -0.25) is 4.79 Å². The molecule has 1 N–H and O–H groups in total. The highest BCUT2D eigenvalue weighted by Crippen LogP contribution is 2.10. The van der Waals surface area contributed by atoms with Crippen LogP contribution < -0.4 is 5.32 Å². The van der Waals surface area contributed by atoms with Crippen molar-refractivity contribution < 1.29 is 9.53 Å². The number of carbonyl (C=O) groups excluding carboxylic acids is 1. The van der Waals surface area contributed by atoms with Gasteiger partial charge in [-0.15, -0.1) is 0 Å². The smallest absolute Gasteiger partial charge is 0.255 e. The quantitative estimate of drug-likeness (QED) is 0.843. The second-order valence-corrected chi connectivity index (χ2v) is 3.91. The Hall–Kier alpha value is -1.39. The molecule has 4 heteroatoms. The molecule has 1 aromatic carbocycles. The molecule has 1 atom stereocenters. The number of carbonyl (C=O) groups is 1. The zero-order chi connectivity index (χ0) is 12.1. The molecule has 1 aromatic rings. The van der Waals surface area contributed by atoms with E-state index in [1.165, 1.54) is 0 Å². The summed E-state index contributed by atoms with van der Waals surface area (Å²) in [6, 6.07) is 10.0. The van der Waals surface area contributed by atoms with E-state index in [9.17, 15) is 4.79 Å². The first-order chi connectivity index (χ1) is 8.33. The van der Waals surface area contributed by atoms with E-state index in [1.54, 1.807) is 23.1 Å². The highest BCUT2D eigenvalue weighted by molar-refractivity contribution is 5.94. The third kappa shape index (κ3) is 2.84. The van der Waals surface area contributed by atoms with Crippen LogP contribution >= 0.6 is 0 Å². The molecule has 1 amide bonds. The normalized spacial score (nSPS) is 19.9. The van der Waals surface area contributed by atoms with Gasteiger partial charge in [-0.25, -0.2) is 0 Å². The van der Waals surface area contributed by atoms with E-state index in [0.717, 1.165) is 6.54 Å². The van der Waals surface area contributed by atoms with Gasteiger partial charge in [-0.05, 0) is 25.1 Å². The minimum atomic E-state index is -0.165. The van der Waals surface area contributed by atoms with Gasteiger partial charge in [0.25, 0.3) is 5.91 Å². The standard InChI is InChI=1S/C13H17N2O2/c1-2-15(12-10-14-8-9-17-12)13(16)11-6-4-3-5-7-11/h3-4,6-7,12,14H,2,8-10H2,1H3. The minimum Gasteiger partial charge on any atom is -0.356 e. The van der Waals surface area contributed by atoms with Crippen molar-refractivity contribution in [2.75, 3.05) is 26.2 Å². The highest BCUT2D eigenvalue weighted by Gasteiger charge is 2.25. The average Bonchev–Trinajstić information content (AvgIpc) is 2.42. The van der Waals surface area contributed by atoms with Gasteiger partial charge >= 0.3 is 0 Å². The van der Waals surface area contributed by atoms with Crippen molar-refractivity contribution in [3.05, 3.63) is 35.9 Å². The highest BCUT2D eigenvalue weighted by atomic mass is 16.5. The molecule has 0 saturated carbocycles. The van der Waals surface area contributed by atoms with Crippen LogP contribution in [-0.4, -0.2) is 43.3 Å².